The van der Waals surface area contributed by atoms with Crippen molar-refractivity contribution in [2.45, 2.75) is 32.9 Å². The Kier molecular flexibility index (Phi) is 6.66. The van der Waals surface area contributed by atoms with Crippen molar-refractivity contribution in [3.05, 3.63) is 82.2 Å². The molecule has 164 valence electrons. The third-order valence-corrected chi connectivity index (χ3v) is 6.03. The summed E-state index contributed by atoms with van der Waals surface area (Å²) in [5.74, 6) is 0.312. The van der Waals surface area contributed by atoms with Gasteiger partial charge in [-0.1, -0.05) is 49.4 Å². The summed E-state index contributed by atoms with van der Waals surface area (Å²) in [5, 5.41) is 2.42. The van der Waals surface area contributed by atoms with Crippen LogP contribution in [0.15, 0.2) is 71.1 Å². The van der Waals surface area contributed by atoms with Gasteiger partial charge in [0.25, 0.3) is 5.56 Å². The van der Waals surface area contributed by atoms with E-state index in [4.69, 9.17) is 9.47 Å². The first-order valence-corrected chi connectivity index (χ1v) is 11.4. The molecule has 0 aliphatic heterocycles. The summed E-state index contributed by atoms with van der Waals surface area (Å²) in [6, 6.07) is 16.3. The molecule has 2 aromatic heterocycles. The van der Waals surface area contributed by atoms with Crippen LogP contribution in [0, 0.1) is 0 Å². The highest BCUT2D eigenvalue weighted by Crippen LogP contribution is 2.32. The van der Waals surface area contributed by atoms with Crippen molar-refractivity contribution in [1.82, 2.24) is 9.55 Å². The first-order chi connectivity index (χ1) is 15.6. The average molecular weight is 449 g/mol. The van der Waals surface area contributed by atoms with Crippen LogP contribution in [0.2, 0.25) is 0 Å². The summed E-state index contributed by atoms with van der Waals surface area (Å²) in [6.07, 6.45) is 2.36. The molecular formula is C25H24N2O4S. The second kappa shape index (κ2) is 9.78. The Hall–Kier alpha value is -3.45. The molecule has 0 saturated heterocycles. The van der Waals surface area contributed by atoms with Crippen molar-refractivity contribution < 1.29 is 14.3 Å². The van der Waals surface area contributed by atoms with Gasteiger partial charge in [0, 0.05) is 10.9 Å². The number of carbonyl (C=O) groups excluding carboxylic acids is 1. The molecule has 0 spiro atoms. The van der Waals surface area contributed by atoms with Gasteiger partial charge in [-0.2, -0.15) is 0 Å². The molecule has 0 radical (unpaired) electrons. The zero-order valence-corrected chi connectivity index (χ0v) is 18.8. The normalized spacial score (nSPS) is 11.9. The fourth-order valence-electron chi connectivity index (χ4n) is 3.35. The molecule has 0 aliphatic rings. The minimum atomic E-state index is -0.791. The first kappa shape index (κ1) is 21.8. The van der Waals surface area contributed by atoms with E-state index < -0.39 is 12.0 Å². The second-order valence-electron chi connectivity index (χ2n) is 7.43. The van der Waals surface area contributed by atoms with Gasteiger partial charge in [-0.15, -0.1) is 11.3 Å². The van der Waals surface area contributed by atoms with Gasteiger partial charge in [-0.25, -0.2) is 9.78 Å². The molecule has 2 heterocycles. The van der Waals surface area contributed by atoms with E-state index in [0.717, 1.165) is 28.9 Å². The Morgan fingerprint density at radius 3 is 2.59 bits per heavy atom. The fraction of sp³-hybridized carbons (Fsp3) is 0.240. The van der Waals surface area contributed by atoms with Crippen molar-refractivity contribution in [1.29, 1.82) is 0 Å². The fourth-order valence-corrected chi connectivity index (χ4v) is 4.25. The smallest absolute Gasteiger partial charge is 0.329 e. The quantitative estimate of drug-likeness (QED) is 0.346. The maximum Gasteiger partial charge on any atom is 0.329 e. The molecule has 0 saturated carbocycles. The lowest BCUT2D eigenvalue weighted by Crippen LogP contribution is -2.29. The Balaban J connectivity index is 1.59. The molecule has 7 heteroatoms. The Labute approximate surface area is 190 Å². The van der Waals surface area contributed by atoms with Gasteiger partial charge in [0.05, 0.1) is 18.3 Å². The number of ether oxygens (including phenoxy) is 2. The monoisotopic (exact) mass is 448 g/mol. The van der Waals surface area contributed by atoms with Gasteiger partial charge in [0.15, 0.2) is 0 Å². The summed E-state index contributed by atoms with van der Waals surface area (Å²) in [7, 11) is 0. The van der Waals surface area contributed by atoms with Crippen LogP contribution in [0.5, 0.6) is 5.75 Å². The molecular weight excluding hydrogens is 424 g/mol. The minimum absolute atomic E-state index is 0.157. The number of carbonyl (C=O) groups is 1. The van der Waals surface area contributed by atoms with Gasteiger partial charge < -0.3 is 9.47 Å². The molecule has 0 N–H and O–H groups in total. The Bertz CT molecular complexity index is 1260. The number of thiophene rings is 1. The maximum absolute atomic E-state index is 13.3. The summed E-state index contributed by atoms with van der Waals surface area (Å²) in [4.78, 5) is 31.0. The van der Waals surface area contributed by atoms with E-state index in [1.54, 1.807) is 6.92 Å². The van der Waals surface area contributed by atoms with E-state index in [1.165, 1.54) is 22.2 Å². The maximum atomic E-state index is 13.3. The van der Waals surface area contributed by atoms with E-state index in [1.807, 2.05) is 60.0 Å². The first-order valence-electron chi connectivity index (χ1n) is 10.5. The molecule has 0 unspecified atom stereocenters. The lowest BCUT2D eigenvalue weighted by molar-refractivity contribution is -0.148. The van der Waals surface area contributed by atoms with Crippen LogP contribution >= 0.6 is 11.3 Å². The van der Waals surface area contributed by atoms with Crippen LogP contribution in [0.4, 0.5) is 0 Å². The SMILES string of the molecule is CCCOc1ccc(-c2csc3ncn([C@H](C)C(=O)OCc4ccccc4)c(=O)c23)cc1. The van der Waals surface area contributed by atoms with Gasteiger partial charge in [-0.05, 0) is 36.6 Å². The molecule has 4 rings (SSSR count). The predicted octanol–water partition coefficient (Wildman–Crippen LogP) is 5.22. The zero-order valence-electron chi connectivity index (χ0n) is 18.0. The number of fused-ring (bicyclic) bond motifs is 1. The summed E-state index contributed by atoms with van der Waals surface area (Å²) >= 11 is 1.41. The highest BCUT2D eigenvalue weighted by atomic mass is 32.1. The van der Waals surface area contributed by atoms with Gasteiger partial charge in [0.2, 0.25) is 0 Å². The van der Waals surface area contributed by atoms with E-state index >= 15 is 0 Å². The zero-order chi connectivity index (χ0) is 22.5. The number of hydrogen-bond donors (Lipinski definition) is 0. The molecule has 2 aromatic carbocycles. The molecule has 32 heavy (non-hydrogen) atoms. The minimum Gasteiger partial charge on any atom is -0.494 e. The lowest BCUT2D eigenvalue weighted by Gasteiger charge is -2.14. The number of benzene rings is 2. The number of rotatable bonds is 8. The standard InChI is InChI=1S/C25H24N2O4S/c1-3-13-30-20-11-9-19(10-12-20)21-15-32-23-22(21)24(28)27(16-26-23)17(2)25(29)31-14-18-7-5-4-6-8-18/h4-12,15-17H,3,13-14H2,1-2H3/t17-/m1/s1. The van der Waals surface area contributed by atoms with Crippen LogP contribution in [0.1, 0.15) is 31.9 Å². The van der Waals surface area contributed by atoms with Crippen LogP contribution in [0.25, 0.3) is 21.3 Å². The van der Waals surface area contributed by atoms with Crippen molar-refractivity contribution in [2.24, 2.45) is 0 Å². The van der Waals surface area contributed by atoms with Crippen molar-refractivity contribution in [3.63, 3.8) is 0 Å². The van der Waals surface area contributed by atoms with E-state index in [-0.39, 0.29) is 12.2 Å². The largest absolute Gasteiger partial charge is 0.494 e. The molecule has 0 fully saturated rings. The topological polar surface area (TPSA) is 70.4 Å². The van der Waals surface area contributed by atoms with Crippen LogP contribution in [-0.4, -0.2) is 22.1 Å². The van der Waals surface area contributed by atoms with Crippen molar-refractivity contribution >= 4 is 27.5 Å². The molecule has 0 amide bonds. The highest BCUT2D eigenvalue weighted by Gasteiger charge is 2.21. The number of aromatic nitrogens is 2. The summed E-state index contributed by atoms with van der Waals surface area (Å²) < 4.78 is 12.4. The van der Waals surface area contributed by atoms with Crippen LogP contribution in [-0.2, 0) is 16.1 Å². The van der Waals surface area contributed by atoms with Crippen LogP contribution < -0.4 is 10.3 Å². The van der Waals surface area contributed by atoms with Crippen LogP contribution in [0.3, 0.4) is 0 Å². The highest BCUT2D eigenvalue weighted by molar-refractivity contribution is 7.17. The third kappa shape index (κ3) is 4.57. The number of esters is 1. The van der Waals surface area contributed by atoms with Gasteiger partial charge in [0.1, 0.15) is 23.2 Å². The number of nitrogens with zero attached hydrogens (tertiary/aromatic N) is 2. The summed E-state index contributed by atoms with van der Waals surface area (Å²) in [5.41, 5.74) is 2.32. The Morgan fingerprint density at radius 2 is 1.88 bits per heavy atom. The lowest BCUT2D eigenvalue weighted by atomic mass is 10.1. The molecule has 6 nitrogen and oxygen atoms in total. The third-order valence-electron chi connectivity index (χ3n) is 5.14. The molecule has 4 aromatic rings. The molecule has 0 aliphatic carbocycles. The summed E-state index contributed by atoms with van der Waals surface area (Å²) in [6.45, 7) is 4.52. The van der Waals surface area contributed by atoms with Gasteiger partial charge >= 0.3 is 5.97 Å². The molecule has 0 bridgehead atoms. The number of hydrogen-bond acceptors (Lipinski definition) is 6. The van der Waals surface area contributed by atoms with E-state index in [9.17, 15) is 9.59 Å². The van der Waals surface area contributed by atoms with E-state index in [2.05, 4.69) is 11.9 Å². The molecule has 1 atom stereocenters. The average Bonchev–Trinajstić information content (AvgIpc) is 3.27. The van der Waals surface area contributed by atoms with Gasteiger partial charge in [-0.3, -0.25) is 9.36 Å². The second-order valence-corrected chi connectivity index (χ2v) is 8.29. The van der Waals surface area contributed by atoms with E-state index in [0.29, 0.717) is 16.8 Å². The van der Waals surface area contributed by atoms with Crippen molar-refractivity contribution in [2.75, 3.05) is 6.61 Å². The van der Waals surface area contributed by atoms with Crippen molar-refractivity contribution in [3.8, 4) is 16.9 Å². The Morgan fingerprint density at radius 1 is 1.12 bits per heavy atom. The predicted molar refractivity (Wildman–Crippen MR) is 126 cm³/mol.